The fourth-order valence-corrected chi connectivity index (χ4v) is 3.42. The van der Waals surface area contributed by atoms with Crippen LogP contribution in [0.3, 0.4) is 0 Å². The van der Waals surface area contributed by atoms with Gasteiger partial charge < -0.3 is 27.4 Å². The van der Waals surface area contributed by atoms with E-state index in [1.807, 2.05) is 0 Å². The Labute approximate surface area is 164 Å². The van der Waals surface area contributed by atoms with Crippen molar-refractivity contribution < 1.29 is 0 Å². The van der Waals surface area contributed by atoms with E-state index in [1.54, 1.807) is 0 Å². The van der Waals surface area contributed by atoms with E-state index in [-0.39, 0.29) is 0 Å². The summed E-state index contributed by atoms with van der Waals surface area (Å²) in [7, 11) is 0. The van der Waals surface area contributed by atoms with Crippen molar-refractivity contribution in [2.24, 2.45) is 17.2 Å². The Balaban J connectivity index is 1.99. The molecule has 0 spiro atoms. The normalized spacial score (nSPS) is 13.4. The van der Waals surface area contributed by atoms with Crippen LogP contribution in [-0.4, -0.2) is 30.3 Å². The van der Waals surface area contributed by atoms with E-state index in [2.05, 4.69) is 55.1 Å². The highest BCUT2D eigenvalue weighted by Gasteiger charge is 2.18. The van der Waals surface area contributed by atoms with E-state index in [9.17, 15) is 0 Å². The Morgan fingerprint density at radius 2 is 1.93 bits per heavy atom. The summed E-state index contributed by atoms with van der Waals surface area (Å²) in [6.45, 7) is 16.8. The van der Waals surface area contributed by atoms with E-state index in [0.717, 1.165) is 56.7 Å². The highest BCUT2D eigenvalue weighted by atomic mass is 15.2. The van der Waals surface area contributed by atoms with Crippen molar-refractivity contribution in [1.82, 2.24) is 10.2 Å². The van der Waals surface area contributed by atoms with Gasteiger partial charge in [-0.1, -0.05) is 44.9 Å². The molecule has 0 unspecified atom stereocenters. The van der Waals surface area contributed by atoms with Gasteiger partial charge in [-0.15, -0.1) is 0 Å². The summed E-state index contributed by atoms with van der Waals surface area (Å²) in [6, 6.07) is 6.72. The number of nitrogens with two attached hydrogens (primary N) is 3. The van der Waals surface area contributed by atoms with Crippen LogP contribution in [-0.2, 0) is 12.8 Å². The number of nitrogens with zero attached hydrogens (tertiary/aromatic N) is 1. The van der Waals surface area contributed by atoms with E-state index >= 15 is 0 Å². The monoisotopic (exact) mass is 369 g/mol. The fourth-order valence-electron chi connectivity index (χ4n) is 3.42. The molecule has 0 atom stereocenters. The molecule has 1 aromatic rings. The van der Waals surface area contributed by atoms with Gasteiger partial charge in [0.2, 0.25) is 0 Å². The number of benzene rings is 1. The first-order valence-corrected chi connectivity index (χ1v) is 9.70. The summed E-state index contributed by atoms with van der Waals surface area (Å²) in [5.74, 6) is -1.25. The van der Waals surface area contributed by atoms with Gasteiger partial charge in [-0.25, -0.2) is 0 Å². The van der Waals surface area contributed by atoms with Crippen LogP contribution in [0.2, 0.25) is 0 Å². The van der Waals surface area contributed by atoms with Crippen molar-refractivity contribution in [3.05, 3.63) is 66.0 Å². The minimum atomic E-state index is -1.25. The van der Waals surface area contributed by atoms with Crippen LogP contribution in [0.25, 0.3) is 5.57 Å². The zero-order chi connectivity index (χ0) is 20.0. The maximum absolute atomic E-state index is 5.78. The molecule has 27 heavy (non-hydrogen) atoms. The fraction of sp³-hybridized carbons (Fsp3) is 0.455. The SMILES string of the molecule is C=C(CC)NCCN(CCc1ccc2c(c1)CCC2=C)C(=C)CC(N)(N)N. The lowest BCUT2D eigenvalue weighted by molar-refractivity contribution is 0.308. The van der Waals surface area contributed by atoms with Crippen LogP contribution in [0, 0.1) is 0 Å². The van der Waals surface area contributed by atoms with Crippen LogP contribution in [0.5, 0.6) is 0 Å². The zero-order valence-electron chi connectivity index (χ0n) is 16.7. The molecule has 1 aliphatic rings. The molecule has 0 aromatic heterocycles. The molecule has 0 saturated carbocycles. The van der Waals surface area contributed by atoms with Crippen LogP contribution in [0.4, 0.5) is 0 Å². The quantitative estimate of drug-likeness (QED) is 0.450. The highest BCUT2D eigenvalue weighted by Crippen LogP contribution is 2.31. The van der Waals surface area contributed by atoms with E-state index in [0.29, 0.717) is 6.42 Å². The van der Waals surface area contributed by atoms with Gasteiger partial charge in [0.1, 0.15) is 5.79 Å². The van der Waals surface area contributed by atoms with Crippen molar-refractivity contribution in [2.75, 3.05) is 19.6 Å². The van der Waals surface area contributed by atoms with E-state index < -0.39 is 5.79 Å². The standard InChI is InChI=1S/C22H35N5/c1-5-17(3)26-11-13-27(18(4)15-22(23,24)25)12-10-19-7-9-21-16(2)6-8-20(21)14-19/h7,9,14,26H,2-6,8,10-13,15,23-25H2,1H3. The predicted octanol–water partition coefficient (Wildman–Crippen LogP) is 2.44. The largest absolute Gasteiger partial charge is 0.387 e. The number of aryl methyl sites for hydroxylation is 1. The Morgan fingerprint density at radius 3 is 2.59 bits per heavy atom. The maximum Gasteiger partial charge on any atom is 0.121 e. The minimum Gasteiger partial charge on any atom is -0.387 e. The van der Waals surface area contributed by atoms with Crippen molar-refractivity contribution in [1.29, 1.82) is 0 Å². The van der Waals surface area contributed by atoms with Crippen molar-refractivity contribution in [3.63, 3.8) is 0 Å². The van der Waals surface area contributed by atoms with Crippen molar-refractivity contribution in [2.45, 2.75) is 44.8 Å². The van der Waals surface area contributed by atoms with Gasteiger partial charge >= 0.3 is 0 Å². The Kier molecular flexibility index (Phi) is 7.25. The Hall–Kier alpha value is -2.08. The predicted molar refractivity (Wildman–Crippen MR) is 116 cm³/mol. The number of hydrogen-bond acceptors (Lipinski definition) is 5. The molecular formula is C22H35N5. The smallest absolute Gasteiger partial charge is 0.121 e. The average Bonchev–Trinajstić information content (AvgIpc) is 2.96. The lowest BCUT2D eigenvalue weighted by Crippen LogP contribution is -2.58. The molecule has 148 valence electrons. The molecule has 0 radical (unpaired) electrons. The van der Waals surface area contributed by atoms with Gasteiger partial charge in [0, 0.05) is 37.4 Å². The minimum absolute atomic E-state index is 0.353. The molecule has 7 N–H and O–H groups in total. The van der Waals surface area contributed by atoms with Gasteiger partial charge in [-0.05, 0) is 47.9 Å². The number of fused-ring (bicyclic) bond motifs is 1. The summed E-state index contributed by atoms with van der Waals surface area (Å²) in [6.07, 6.45) is 4.36. The molecule has 5 nitrogen and oxygen atoms in total. The molecule has 5 heteroatoms. The van der Waals surface area contributed by atoms with Crippen molar-refractivity contribution in [3.8, 4) is 0 Å². The van der Waals surface area contributed by atoms with Crippen LogP contribution in [0.1, 0.15) is 42.9 Å². The average molecular weight is 370 g/mol. The van der Waals surface area contributed by atoms with Crippen molar-refractivity contribution >= 4 is 5.57 Å². The topological polar surface area (TPSA) is 93.3 Å². The third kappa shape index (κ3) is 6.54. The van der Waals surface area contributed by atoms with E-state index in [4.69, 9.17) is 17.2 Å². The Morgan fingerprint density at radius 1 is 1.19 bits per heavy atom. The maximum atomic E-state index is 5.78. The molecule has 0 aliphatic heterocycles. The van der Waals surface area contributed by atoms with E-state index in [1.165, 1.54) is 22.3 Å². The summed E-state index contributed by atoms with van der Waals surface area (Å²) in [4.78, 5) is 2.21. The van der Waals surface area contributed by atoms with Crippen LogP contribution >= 0.6 is 0 Å². The third-order valence-corrected chi connectivity index (χ3v) is 5.06. The highest BCUT2D eigenvalue weighted by molar-refractivity contribution is 5.71. The Bertz CT molecular complexity index is 699. The van der Waals surface area contributed by atoms with Gasteiger partial charge in [-0.3, -0.25) is 0 Å². The summed E-state index contributed by atoms with van der Waals surface area (Å²) >= 11 is 0. The lowest BCUT2D eigenvalue weighted by Gasteiger charge is -2.31. The molecule has 1 aliphatic carbocycles. The molecule has 0 heterocycles. The van der Waals surface area contributed by atoms with Crippen LogP contribution in [0.15, 0.2) is 49.3 Å². The lowest BCUT2D eigenvalue weighted by atomic mass is 10.0. The first-order valence-electron chi connectivity index (χ1n) is 9.70. The molecule has 0 amide bonds. The molecule has 0 fully saturated rings. The molecule has 0 bridgehead atoms. The number of allylic oxidation sites excluding steroid dienone is 2. The molecule has 2 rings (SSSR count). The second-order valence-electron chi connectivity index (χ2n) is 7.57. The number of rotatable bonds is 11. The second-order valence-corrected chi connectivity index (χ2v) is 7.57. The zero-order valence-corrected chi connectivity index (χ0v) is 16.7. The van der Waals surface area contributed by atoms with Gasteiger partial charge in [-0.2, -0.15) is 0 Å². The van der Waals surface area contributed by atoms with Gasteiger partial charge in [0.05, 0.1) is 0 Å². The second kappa shape index (κ2) is 9.22. The third-order valence-electron chi connectivity index (χ3n) is 5.06. The van der Waals surface area contributed by atoms with Gasteiger partial charge in [0.15, 0.2) is 0 Å². The summed E-state index contributed by atoms with van der Waals surface area (Å²) in [5, 5.41) is 3.34. The first kappa shape index (κ1) is 21.2. The van der Waals surface area contributed by atoms with Gasteiger partial charge in [0.25, 0.3) is 0 Å². The van der Waals surface area contributed by atoms with Crippen LogP contribution < -0.4 is 22.5 Å². The molecule has 0 saturated heterocycles. The number of hydrogen-bond donors (Lipinski definition) is 4. The summed E-state index contributed by atoms with van der Waals surface area (Å²) < 4.78 is 0. The first-order chi connectivity index (χ1) is 12.7. The summed E-state index contributed by atoms with van der Waals surface area (Å²) in [5.41, 5.74) is 24.6. The molecular weight excluding hydrogens is 334 g/mol. The number of nitrogens with one attached hydrogen (secondary N) is 1. The molecule has 1 aromatic carbocycles.